The van der Waals surface area contributed by atoms with E-state index in [1.165, 1.54) is 0 Å². The predicted molar refractivity (Wildman–Crippen MR) is 92.5 cm³/mol. The van der Waals surface area contributed by atoms with Crippen molar-refractivity contribution in [1.82, 2.24) is 15.1 Å². The lowest BCUT2D eigenvalue weighted by Crippen LogP contribution is -2.23. The summed E-state index contributed by atoms with van der Waals surface area (Å²) in [6, 6.07) is 14.0. The molecule has 0 aliphatic rings. The number of benzene rings is 2. The molecule has 0 atom stereocenters. The van der Waals surface area contributed by atoms with Crippen molar-refractivity contribution in [3.63, 3.8) is 0 Å². The molecule has 4 heteroatoms. The fourth-order valence-electron chi connectivity index (χ4n) is 2.94. The highest BCUT2D eigenvalue weighted by molar-refractivity contribution is 5.94. The molecule has 0 saturated carbocycles. The van der Waals surface area contributed by atoms with Gasteiger partial charge in [0, 0.05) is 17.5 Å². The molecule has 23 heavy (non-hydrogen) atoms. The van der Waals surface area contributed by atoms with Crippen LogP contribution in [-0.2, 0) is 13.1 Å². The molecule has 0 fully saturated rings. The van der Waals surface area contributed by atoms with Gasteiger partial charge in [-0.05, 0) is 39.0 Å². The summed E-state index contributed by atoms with van der Waals surface area (Å²) in [5, 5.41) is 8.69. The summed E-state index contributed by atoms with van der Waals surface area (Å²) in [7, 11) is 0. The molecule has 1 heterocycles. The Labute approximate surface area is 136 Å². The number of hydrogen-bond acceptors (Lipinski definition) is 2. The Hall–Kier alpha value is -2.62. The van der Waals surface area contributed by atoms with Crippen molar-refractivity contribution in [2.45, 2.75) is 33.9 Å². The summed E-state index contributed by atoms with van der Waals surface area (Å²) in [5.74, 6) is -0.0630. The smallest absolute Gasteiger partial charge is 0.251 e. The second-order valence-corrected chi connectivity index (χ2v) is 5.84. The van der Waals surface area contributed by atoms with Gasteiger partial charge in [0.2, 0.25) is 0 Å². The van der Waals surface area contributed by atoms with Crippen LogP contribution in [0.25, 0.3) is 10.9 Å². The lowest BCUT2D eigenvalue weighted by molar-refractivity contribution is 0.0950. The normalized spacial score (nSPS) is 10.9. The first-order chi connectivity index (χ1) is 11.1. The van der Waals surface area contributed by atoms with Crippen LogP contribution in [0, 0.1) is 13.8 Å². The number of amides is 1. The van der Waals surface area contributed by atoms with E-state index in [4.69, 9.17) is 0 Å². The number of carbonyl (C=O) groups is 1. The number of aryl methyl sites for hydroxylation is 3. The highest BCUT2D eigenvalue weighted by Crippen LogP contribution is 2.18. The fraction of sp³-hybridized carbons (Fsp3) is 0.263. The maximum absolute atomic E-state index is 12.4. The summed E-state index contributed by atoms with van der Waals surface area (Å²) < 4.78 is 1.97. The molecule has 2 aromatic carbocycles. The summed E-state index contributed by atoms with van der Waals surface area (Å²) in [4.78, 5) is 12.4. The molecule has 1 aromatic heterocycles. The topological polar surface area (TPSA) is 46.9 Å². The molecule has 3 aromatic rings. The van der Waals surface area contributed by atoms with Crippen LogP contribution in [0.5, 0.6) is 0 Å². The van der Waals surface area contributed by atoms with Crippen molar-refractivity contribution in [2.24, 2.45) is 0 Å². The van der Waals surface area contributed by atoms with Crippen LogP contribution in [0.1, 0.15) is 34.1 Å². The standard InChI is InChI=1S/C19H21N3O/c1-4-22-18-8-6-5-7-16(18)17(21-22)12-20-19(23)15-10-13(2)9-14(3)11-15/h5-11H,4,12H2,1-3H3,(H,20,23). The number of fused-ring (bicyclic) bond motifs is 1. The van der Waals surface area contributed by atoms with Crippen molar-refractivity contribution in [3.8, 4) is 0 Å². The molecular weight excluding hydrogens is 286 g/mol. The summed E-state index contributed by atoms with van der Waals surface area (Å²) >= 11 is 0. The van der Waals surface area contributed by atoms with Crippen LogP contribution in [0.4, 0.5) is 0 Å². The molecule has 1 amide bonds. The molecule has 1 N–H and O–H groups in total. The number of hydrogen-bond donors (Lipinski definition) is 1. The van der Waals surface area contributed by atoms with Crippen molar-refractivity contribution in [3.05, 3.63) is 64.8 Å². The summed E-state index contributed by atoms with van der Waals surface area (Å²) in [6.07, 6.45) is 0. The van der Waals surface area contributed by atoms with Gasteiger partial charge in [0.1, 0.15) is 0 Å². The molecule has 0 radical (unpaired) electrons. The summed E-state index contributed by atoms with van der Waals surface area (Å²) in [5.41, 5.74) is 4.89. The third-order valence-electron chi connectivity index (χ3n) is 3.93. The zero-order valence-electron chi connectivity index (χ0n) is 13.8. The van der Waals surface area contributed by atoms with Gasteiger partial charge in [-0.3, -0.25) is 9.48 Å². The molecule has 4 nitrogen and oxygen atoms in total. The Kier molecular flexibility index (Phi) is 4.15. The van der Waals surface area contributed by atoms with Gasteiger partial charge in [-0.15, -0.1) is 0 Å². The van der Waals surface area contributed by atoms with Crippen LogP contribution in [0.2, 0.25) is 0 Å². The van der Waals surface area contributed by atoms with Crippen LogP contribution in [0.15, 0.2) is 42.5 Å². The SMILES string of the molecule is CCn1nc(CNC(=O)c2cc(C)cc(C)c2)c2ccccc21. The van der Waals surface area contributed by atoms with Gasteiger partial charge in [-0.25, -0.2) is 0 Å². The highest BCUT2D eigenvalue weighted by Gasteiger charge is 2.11. The quantitative estimate of drug-likeness (QED) is 0.800. The Morgan fingerprint density at radius 3 is 2.52 bits per heavy atom. The minimum absolute atomic E-state index is 0.0630. The second-order valence-electron chi connectivity index (χ2n) is 5.84. The Balaban J connectivity index is 1.82. The predicted octanol–water partition coefficient (Wildman–Crippen LogP) is 3.60. The van der Waals surface area contributed by atoms with E-state index in [1.807, 2.05) is 48.9 Å². The van der Waals surface area contributed by atoms with Gasteiger partial charge in [-0.2, -0.15) is 5.10 Å². The molecule has 0 saturated heterocycles. The highest BCUT2D eigenvalue weighted by atomic mass is 16.1. The van der Waals surface area contributed by atoms with E-state index in [-0.39, 0.29) is 5.91 Å². The average molecular weight is 307 g/mol. The van der Waals surface area contributed by atoms with Gasteiger partial charge in [0.15, 0.2) is 0 Å². The van der Waals surface area contributed by atoms with E-state index in [0.29, 0.717) is 12.1 Å². The van der Waals surface area contributed by atoms with Crippen molar-refractivity contribution in [2.75, 3.05) is 0 Å². The monoisotopic (exact) mass is 307 g/mol. The molecule has 0 unspecified atom stereocenters. The fourth-order valence-corrected chi connectivity index (χ4v) is 2.94. The van der Waals surface area contributed by atoms with E-state index >= 15 is 0 Å². The van der Waals surface area contributed by atoms with Crippen molar-refractivity contribution < 1.29 is 4.79 Å². The lowest BCUT2D eigenvalue weighted by Gasteiger charge is -2.06. The average Bonchev–Trinajstić information content (AvgIpc) is 2.90. The van der Waals surface area contributed by atoms with Gasteiger partial charge < -0.3 is 5.32 Å². The number of nitrogens with zero attached hydrogens (tertiary/aromatic N) is 2. The number of aromatic nitrogens is 2. The van der Waals surface area contributed by atoms with Gasteiger partial charge in [-0.1, -0.05) is 35.4 Å². The van der Waals surface area contributed by atoms with E-state index < -0.39 is 0 Å². The zero-order valence-corrected chi connectivity index (χ0v) is 13.8. The molecule has 0 spiro atoms. The molecule has 0 bridgehead atoms. The second kappa shape index (κ2) is 6.24. The van der Waals surface area contributed by atoms with Crippen LogP contribution in [0.3, 0.4) is 0 Å². The molecule has 0 aliphatic carbocycles. The first-order valence-electron chi connectivity index (χ1n) is 7.89. The third kappa shape index (κ3) is 3.11. The number of nitrogens with one attached hydrogen (secondary N) is 1. The molecular formula is C19H21N3O. The molecule has 118 valence electrons. The number of para-hydroxylation sites is 1. The van der Waals surface area contributed by atoms with E-state index in [1.54, 1.807) is 0 Å². The maximum atomic E-state index is 12.4. The summed E-state index contributed by atoms with van der Waals surface area (Å²) in [6.45, 7) is 7.31. The Bertz CT molecular complexity index is 844. The largest absolute Gasteiger partial charge is 0.346 e. The lowest BCUT2D eigenvalue weighted by atomic mass is 10.1. The zero-order chi connectivity index (χ0) is 16.4. The first kappa shape index (κ1) is 15.3. The molecule has 0 aliphatic heterocycles. The number of carbonyl (C=O) groups excluding carboxylic acids is 1. The van der Waals surface area contributed by atoms with Crippen LogP contribution in [-0.4, -0.2) is 15.7 Å². The minimum atomic E-state index is -0.0630. The van der Waals surface area contributed by atoms with Gasteiger partial charge in [0.25, 0.3) is 5.91 Å². The van der Waals surface area contributed by atoms with Crippen molar-refractivity contribution >= 4 is 16.8 Å². The van der Waals surface area contributed by atoms with E-state index in [9.17, 15) is 4.79 Å². The van der Waals surface area contributed by atoms with Crippen molar-refractivity contribution in [1.29, 1.82) is 0 Å². The molecule has 3 rings (SSSR count). The van der Waals surface area contributed by atoms with Crippen LogP contribution >= 0.6 is 0 Å². The Morgan fingerprint density at radius 1 is 1.13 bits per heavy atom. The van der Waals surface area contributed by atoms with Gasteiger partial charge in [0.05, 0.1) is 17.8 Å². The van der Waals surface area contributed by atoms with E-state index in [0.717, 1.165) is 34.3 Å². The van der Waals surface area contributed by atoms with E-state index in [2.05, 4.69) is 29.5 Å². The first-order valence-corrected chi connectivity index (χ1v) is 7.89. The Morgan fingerprint density at radius 2 is 1.83 bits per heavy atom. The van der Waals surface area contributed by atoms with Gasteiger partial charge >= 0.3 is 0 Å². The maximum Gasteiger partial charge on any atom is 0.251 e. The third-order valence-corrected chi connectivity index (χ3v) is 3.93. The van der Waals surface area contributed by atoms with Crippen LogP contribution < -0.4 is 5.32 Å². The number of rotatable bonds is 4. The minimum Gasteiger partial charge on any atom is -0.346 e.